The van der Waals surface area contributed by atoms with E-state index in [1.165, 1.54) is 6.26 Å². The van der Waals surface area contributed by atoms with Crippen LogP contribution in [0.1, 0.15) is 67.0 Å². The van der Waals surface area contributed by atoms with Gasteiger partial charge < -0.3 is 20.0 Å². The first-order valence-electron chi connectivity index (χ1n) is 10.7. The number of rotatable bonds is 5. The molecule has 0 radical (unpaired) electrons. The van der Waals surface area contributed by atoms with E-state index < -0.39 is 6.04 Å². The van der Waals surface area contributed by atoms with Gasteiger partial charge in [0.05, 0.1) is 6.26 Å². The molecule has 0 unspecified atom stereocenters. The van der Waals surface area contributed by atoms with Crippen molar-refractivity contribution < 1.29 is 18.8 Å². The van der Waals surface area contributed by atoms with Gasteiger partial charge in [0.2, 0.25) is 5.91 Å². The van der Waals surface area contributed by atoms with Gasteiger partial charge in [-0.1, -0.05) is 32.9 Å². The number of nitrogens with one attached hydrogen (secondary N) is 2. The first kappa shape index (κ1) is 22.6. The highest BCUT2D eigenvalue weighted by atomic mass is 16.3. The largest absolute Gasteiger partial charge is 0.459 e. The number of carbonyl (C=O) groups is 3. The van der Waals surface area contributed by atoms with Crippen molar-refractivity contribution in [2.24, 2.45) is 0 Å². The molecule has 2 heterocycles. The van der Waals surface area contributed by atoms with Gasteiger partial charge in [-0.3, -0.25) is 14.4 Å². The van der Waals surface area contributed by atoms with Crippen LogP contribution in [0.25, 0.3) is 0 Å². The lowest BCUT2D eigenvalue weighted by molar-refractivity contribution is -0.123. The summed E-state index contributed by atoms with van der Waals surface area (Å²) in [5.41, 5.74) is 1.68. The third kappa shape index (κ3) is 5.75. The van der Waals surface area contributed by atoms with E-state index in [0.29, 0.717) is 37.3 Å². The van der Waals surface area contributed by atoms with Crippen molar-refractivity contribution >= 4 is 17.7 Å². The molecule has 0 bridgehead atoms. The number of furan rings is 1. The maximum atomic E-state index is 12.5. The summed E-state index contributed by atoms with van der Waals surface area (Å²) >= 11 is 0. The molecule has 31 heavy (non-hydrogen) atoms. The van der Waals surface area contributed by atoms with Crippen LogP contribution in [0, 0.1) is 0 Å². The quantitative estimate of drug-likeness (QED) is 0.770. The lowest BCUT2D eigenvalue weighted by Gasteiger charge is -2.32. The molecule has 1 aromatic carbocycles. The maximum absolute atomic E-state index is 12.5. The molecule has 2 N–H and O–H groups in total. The maximum Gasteiger partial charge on any atom is 0.289 e. The van der Waals surface area contributed by atoms with Crippen molar-refractivity contribution in [3.8, 4) is 0 Å². The van der Waals surface area contributed by atoms with Gasteiger partial charge in [0.15, 0.2) is 5.76 Å². The summed E-state index contributed by atoms with van der Waals surface area (Å²) in [4.78, 5) is 39.1. The minimum atomic E-state index is -0.655. The summed E-state index contributed by atoms with van der Waals surface area (Å²) in [6.45, 7) is 9.12. The minimum Gasteiger partial charge on any atom is -0.459 e. The molecule has 0 spiro atoms. The van der Waals surface area contributed by atoms with Gasteiger partial charge >= 0.3 is 0 Å². The molecule has 3 amide bonds. The summed E-state index contributed by atoms with van der Waals surface area (Å²) in [6.07, 6.45) is 2.80. The van der Waals surface area contributed by atoms with Crippen LogP contribution in [0.2, 0.25) is 0 Å². The average Bonchev–Trinajstić information content (AvgIpc) is 3.28. The Morgan fingerprint density at radius 1 is 1.06 bits per heavy atom. The minimum absolute atomic E-state index is 0.0142. The average molecular weight is 426 g/mol. The predicted octanol–water partition coefficient (Wildman–Crippen LogP) is 3.12. The van der Waals surface area contributed by atoms with Crippen LogP contribution in [0.5, 0.6) is 0 Å². The second kappa shape index (κ2) is 9.37. The summed E-state index contributed by atoms with van der Waals surface area (Å²) < 4.78 is 5.17. The molecule has 0 aliphatic carbocycles. The van der Waals surface area contributed by atoms with E-state index in [2.05, 4.69) is 31.4 Å². The molecule has 166 valence electrons. The van der Waals surface area contributed by atoms with E-state index >= 15 is 0 Å². The Morgan fingerprint density at radius 3 is 2.26 bits per heavy atom. The zero-order valence-electron chi connectivity index (χ0n) is 18.6. The molecule has 1 aliphatic heterocycles. The van der Waals surface area contributed by atoms with Gasteiger partial charge in [-0.05, 0) is 55.0 Å². The summed E-state index contributed by atoms with van der Waals surface area (Å²) in [5, 5.41) is 5.75. The van der Waals surface area contributed by atoms with Gasteiger partial charge in [0.25, 0.3) is 11.8 Å². The second-order valence-electron chi connectivity index (χ2n) is 9.07. The van der Waals surface area contributed by atoms with Crippen molar-refractivity contribution in [2.75, 3.05) is 13.1 Å². The fourth-order valence-electron chi connectivity index (χ4n) is 3.58. The number of likely N-dealkylation sites (tertiary alicyclic amines) is 1. The van der Waals surface area contributed by atoms with Crippen molar-refractivity contribution in [3.63, 3.8) is 0 Å². The molecule has 2 aromatic rings. The van der Waals surface area contributed by atoms with Crippen LogP contribution in [-0.4, -0.2) is 47.8 Å². The zero-order valence-corrected chi connectivity index (χ0v) is 18.6. The molecule has 1 aromatic heterocycles. The number of hydrogen-bond donors (Lipinski definition) is 2. The molecule has 1 atom stereocenters. The van der Waals surface area contributed by atoms with Gasteiger partial charge in [0, 0.05) is 24.7 Å². The molecule has 7 heteroatoms. The van der Waals surface area contributed by atoms with Gasteiger partial charge in [0.1, 0.15) is 6.04 Å². The van der Waals surface area contributed by atoms with E-state index in [9.17, 15) is 14.4 Å². The second-order valence-corrected chi connectivity index (χ2v) is 9.07. The van der Waals surface area contributed by atoms with Crippen LogP contribution in [0.15, 0.2) is 47.1 Å². The molecule has 3 rings (SSSR count). The zero-order chi connectivity index (χ0) is 22.6. The Morgan fingerprint density at radius 2 is 1.71 bits per heavy atom. The third-order valence-corrected chi connectivity index (χ3v) is 5.61. The SMILES string of the molecule is C[C@@H](NC(=O)c1ccc(C(C)(C)C)cc1)C(=O)NC1CCN(C(=O)c2ccco2)CC1. The smallest absolute Gasteiger partial charge is 0.289 e. The van der Waals surface area contributed by atoms with Crippen LogP contribution >= 0.6 is 0 Å². The standard InChI is InChI=1S/C24H31N3O4/c1-16(25-22(29)17-7-9-18(10-8-17)24(2,3)4)21(28)26-19-11-13-27(14-12-19)23(30)20-6-5-15-31-20/h5-10,15-16,19H,11-14H2,1-4H3,(H,25,29)(H,26,28)/t16-/m1/s1. The number of carbonyl (C=O) groups excluding carboxylic acids is 3. The molecule has 7 nitrogen and oxygen atoms in total. The van der Waals surface area contributed by atoms with E-state index in [1.807, 2.05) is 12.1 Å². The predicted molar refractivity (Wildman–Crippen MR) is 118 cm³/mol. The first-order valence-corrected chi connectivity index (χ1v) is 10.7. The number of nitrogens with zero attached hydrogens (tertiary/aromatic N) is 1. The number of amides is 3. The van der Waals surface area contributed by atoms with Gasteiger partial charge in [-0.2, -0.15) is 0 Å². The molecule has 1 saturated heterocycles. The lowest BCUT2D eigenvalue weighted by Crippen LogP contribution is -2.51. The Bertz CT molecular complexity index is 905. The monoisotopic (exact) mass is 425 g/mol. The van der Waals surface area contributed by atoms with Crippen LogP contribution < -0.4 is 10.6 Å². The molecule has 1 fully saturated rings. The van der Waals surface area contributed by atoms with E-state index in [4.69, 9.17) is 4.42 Å². The van der Waals surface area contributed by atoms with Crippen molar-refractivity contribution in [1.29, 1.82) is 0 Å². The first-order chi connectivity index (χ1) is 14.6. The number of benzene rings is 1. The van der Waals surface area contributed by atoms with Crippen LogP contribution in [0.4, 0.5) is 0 Å². The van der Waals surface area contributed by atoms with E-state index in [1.54, 1.807) is 36.1 Å². The summed E-state index contributed by atoms with van der Waals surface area (Å²) in [7, 11) is 0. The Labute approximate surface area is 183 Å². The lowest BCUT2D eigenvalue weighted by atomic mass is 9.86. The normalized spacial score (nSPS) is 15.9. The Balaban J connectivity index is 1.46. The van der Waals surface area contributed by atoms with E-state index in [-0.39, 0.29) is 29.2 Å². The highest BCUT2D eigenvalue weighted by Gasteiger charge is 2.27. The molecular formula is C24H31N3O4. The summed E-state index contributed by atoms with van der Waals surface area (Å²) in [5.74, 6) is -0.306. The molecular weight excluding hydrogens is 394 g/mol. The Hall–Kier alpha value is -3.09. The van der Waals surface area contributed by atoms with E-state index in [0.717, 1.165) is 5.56 Å². The van der Waals surface area contributed by atoms with Crippen molar-refractivity contribution in [2.45, 2.75) is 58.0 Å². The third-order valence-electron chi connectivity index (χ3n) is 5.61. The number of hydrogen-bond acceptors (Lipinski definition) is 4. The van der Waals surface area contributed by atoms with Crippen molar-refractivity contribution in [1.82, 2.24) is 15.5 Å². The fourth-order valence-corrected chi connectivity index (χ4v) is 3.58. The highest BCUT2D eigenvalue weighted by molar-refractivity contribution is 5.97. The fraction of sp³-hybridized carbons (Fsp3) is 0.458. The van der Waals surface area contributed by atoms with Crippen molar-refractivity contribution in [3.05, 3.63) is 59.5 Å². The topological polar surface area (TPSA) is 91.7 Å². The van der Waals surface area contributed by atoms with Gasteiger partial charge in [-0.15, -0.1) is 0 Å². The number of piperidine rings is 1. The molecule has 1 aliphatic rings. The van der Waals surface area contributed by atoms with Crippen LogP contribution in [-0.2, 0) is 10.2 Å². The van der Waals surface area contributed by atoms with Crippen LogP contribution in [0.3, 0.4) is 0 Å². The highest BCUT2D eigenvalue weighted by Crippen LogP contribution is 2.22. The Kier molecular flexibility index (Phi) is 6.83. The van der Waals surface area contributed by atoms with Gasteiger partial charge in [-0.25, -0.2) is 0 Å². The molecule has 0 saturated carbocycles. The summed E-state index contributed by atoms with van der Waals surface area (Å²) in [6, 6.07) is 10.1.